The van der Waals surface area contributed by atoms with Gasteiger partial charge in [-0.2, -0.15) is 0 Å². The van der Waals surface area contributed by atoms with E-state index in [9.17, 15) is 4.79 Å². The molecule has 0 radical (unpaired) electrons. The van der Waals surface area contributed by atoms with Crippen molar-refractivity contribution in [3.05, 3.63) is 0 Å². The number of rotatable bonds is 3. The van der Waals surface area contributed by atoms with Gasteiger partial charge in [-0.05, 0) is 18.8 Å². The normalized spacial score (nSPS) is 27.8. The van der Waals surface area contributed by atoms with Crippen LogP contribution in [0.3, 0.4) is 0 Å². The minimum absolute atomic E-state index is 0.0633. The van der Waals surface area contributed by atoms with Crippen molar-refractivity contribution in [3.8, 4) is 0 Å². The molecule has 1 amide bonds. The van der Waals surface area contributed by atoms with E-state index in [1.54, 1.807) is 0 Å². The predicted molar refractivity (Wildman–Crippen MR) is 64.0 cm³/mol. The highest BCUT2D eigenvalue weighted by atomic mass is 16.5. The maximum absolute atomic E-state index is 11.8. The van der Waals surface area contributed by atoms with E-state index in [0.29, 0.717) is 12.5 Å². The van der Waals surface area contributed by atoms with Crippen LogP contribution in [0.1, 0.15) is 34.1 Å². The summed E-state index contributed by atoms with van der Waals surface area (Å²) in [5.41, 5.74) is 5.68. The molecule has 1 heterocycles. The number of ether oxygens (including phenoxy) is 1. The first-order chi connectivity index (χ1) is 7.32. The summed E-state index contributed by atoms with van der Waals surface area (Å²) in [7, 11) is 0. The molecule has 0 aromatic carbocycles. The lowest BCUT2D eigenvalue weighted by atomic mass is 9.87. The molecule has 0 aromatic rings. The summed E-state index contributed by atoms with van der Waals surface area (Å²) in [6.07, 6.45) is 1.26. The van der Waals surface area contributed by atoms with E-state index >= 15 is 0 Å². The molecule has 4 heteroatoms. The van der Waals surface area contributed by atoms with Crippen LogP contribution in [0.4, 0.5) is 0 Å². The lowest BCUT2D eigenvalue weighted by molar-refractivity contribution is -0.124. The first-order valence-corrected chi connectivity index (χ1v) is 5.97. The molecular weight excluding hydrogens is 204 g/mol. The largest absolute Gasteiger partial charge is 0.378 e. The zero-order valence-electron chi connectivity index (χ0n) is 10.7. The standard InChI is InChI=1S/C12H24N2O2/c1-8-9(5-6-16-8)7-14-11(15)10(13)12(2,3)4/h8-10H,5-7,13H2,1-4H3,(H,14,15)/t8?,9?,10-/m1/s1. The van der Waals surface area contributed by atoms with Crippen LogP contribution in [-0.4, -0.2) is 31.2 Å². The van der Waals surface area contributed by atoms with E-state index in [2.05, 4.69) is 5.32 Å². The van der Waals surface area contributed by atoms with Gasteiger partial charge in [0.2, 0.25) is 5.91 Å². The lowest BCUT2D eigenvalue weighted by Gasteiger charge is -2.26. The van der Waals surface area contributed by atoms with Gasteiger partial charge in [-0.1, -0.05) is 20.8 Å². The first kappa shape index (κ1) is 13.5. The van der Waals surface area contributed by atoms with E-state index in [1.165, 1.54) is 0 Å². The van der Waals surface area contributed by atoms with Gasteiger partial charge in [0.15, 0.2) is 0 Å². The lowest BCUT2D eigenvalue weighted by Crippen LogP contribution is -2.49. The molecule has 1 rings (SSSR count). The van der Waals surface area contributed by atoms with Gasteiger partial charge < -0.3 is 15.8 Å². The van der Waals surface area contributed by atoms with Crippen molar-refractivity contribution < 1.29 is 9.53 Å². The Morgan fingerprint density at radius 2 is 2.19 bits per heavy atom. The van der Waals surface area contributed by atoms with E-state index in [1.807, 2.05) is 27.7 Å². The number of nitrogens with two attached hydrogens (primary N) is 1. The van der Waals surface area contributed by atoms with Crippen molar-refractivity contribution in [1.29, 1.82) is 0 Å². The molecule has 1 saturated heterocycles. The predicted octanol–water partition coefficient (Wildman–Crippen LogP) is 0.901. The number of amides is 1. The Kier molecular flexibility index (Phi) is 4.33. The van der Waals surface area contributed by atoms with Gasteiger partial charge in [-0.25, -0.2) is 0 Å². The number of carbonyl (C=O) groups excluding carboxylic acids is 1. The SMILES string of the molecule is CC1OCCC1CNC(=O)[C@@H](N)C(C)(C)C. The van der Waals surface area contributed by atoms with Crippen molar-refractivity contribution >= 4 is 5.91 Å². The fourth-order valence-electron chi connectivity index (χ4n) is 1.78. The van der Waals surface area contributed by atoms with Crippen molar-refractivity contribution in [2.45, 2.75) is 46.3 Å². The average Bonchev–Trinajstić information content (AvgIpc) is 2.58. The van der Waals surface area contributed by atoms with Crippen LogP contribution in [0.15, 0.2) is 0 Å². The smallest absolute Gasteiger partial charge is 0.237 e. The number of carbonyl (C=O) groups is 1. The van der Waals surface area contributed by atoms with Crippen LogP contribution in [0, 0.1) is 11.3 Å². The summed E-state index contributed by atoms with van der Waals surface area (Å²) >= 11 is 0. The van der Waals surface area contributed by atoms with Gasteiger partial charge in [0.1, 0.15) is 0 Å². The third kappa shape index (κ3) is 3.46. The van der Waals surface area contributed by atoms with Crippen LogP contribution < -0.4 is 11.1 Å². The van der Waals surface area contributed by atoms with Gasteiger partial charge in [0, 0.05) is 19.1 Å². The maximum atomic E-state index is 11.8. The van der Waals surface area contributed by atoms with Crippen LogP contribution >= 0.6 is 0 Å². The summed E-state index contributed by atoms with van der Waals surface area (Å²) in [6, 6.07) is -0.454. The number of hydrogen-bond acceptors (Lipinski definition) is 3. The summed E-state index contributed by atoms with van der Waals surface area (Å²) < 4.78 is 5.44. The molecular formula is C12H24N2O2. The zero-order valence-corrected chi connectivity index (χ0v) is 10.7. The monoisotopic (exact) mass is 228 g/mol. The second kappa shape index (κ2) is 5.15. The van der Waals surface area contributed by atoms with Gasteiger partial charge >= 0.3 is 0 Å². The molecule has 0 aliphatic carbocycles. The Morgan fingerprint density at radius 3 is 2.62 bits per heavy atom. The summed E-state index contributed by atoms with van der Waals surface area (Å²) in [5, 5.41) is 2.92. The molecule has 3 N–H and O–H groups in total. The van der Waals surface area contributed by atoms with E-state index < -0.39 is 6.04 Å². The van der Waals surface area contributed by atoms with E-state index in [4.69, 9.17) is 10.5 Å². The zero-order chi connectivity index (χ0) is 12.3. The Bertz CT molecular complexity index is 248. The van der Waals surface area contributed by atoms with Crippen molar-refractivity contribution in [2.24, 2.45) is 17.1 Å². The van der Waals surface area contributed by atoms with Crippen LogP contribution in [0.2, 0.25) is 0 Å². The average molecular weight is 228 g/mol. The van der Waals surface area contributed by atoms with Crippen LogP contribution in [0.25, 0.3) is 0 Å². The Morgan fingerprint density at radius 1 is 1.56 bits per heavy atom. The molecule has 1 fully saturated rings. The third-order valence-electron chi connectivity index (χ3n) is 3.29. The van der Waals surface area contributed by atoms with Crippen molar-refractivity contribution in [2.75, 3.05) is 13.2 Å². The second-order valence-electron chi connectivity index (χ2n) is 5.71. The third-order valence-corrected chi connectivity index (χ3v) is 3.29. The van der Waals surface area contributed by atoms with E-state index in [0.717, 1.165) is 13.0 Å². The van der Waals surface area contributed by atoms with Crippen LogP contribution in [-0.2, 0) is 9.53 Å². The Balaban J connectivity index is 2.35. The minimum atomic E-state index is -0.454. The molecule has 1 aliphatic heterocycles. The van der Waals surface area contributed by atoms with Gasteiger partial charge in [-0.15, -0.1) is 0 Å². The molecule has 4 nitrogen and oxygen atoms in total. The molecule has 3 atom stereocenters. The summed E-state index contributed by atoms with van der Waals surface area (Å²) in [4.78, 5) is 11.8. The van der Waals surface area contributed by atoms with Crippen molar-refractivity contribution in [3.63, 3.8) is 0 Å². The highest BCUT2D eigenvalue weighted by Crippen LogP contribution is 2.20. The molecule has 1 aliphatic rings. The molecule has 0 bridgehead atoms. The maximum Gasteiger partial charge on any atom is 0.237 e. The fourth-order valence-corrected chi connectivity index (χ4v) is 1.78. The van der Waals surface area contributed by atoms with Gasteiger partial charge in [0.25, 0.3) is 0 Å². The van der Waals surface area contributed by atoms with Gasteiger partial charge in [0.05, 0.1) is 12.1 Å². The minimum Gasteiger partial charge on any atom is -0.378 e. The van der Waals surface area contributed by atoms with E-state index in [-0.39, 0.29) is 17.4 Å². The summed E-state index contributed by atoms with van der Waals surface area (Å²) in [5.74, 6) is 0.364. The molecule has 94 valence electrons. The number of hydrogen-bond donors (Lipinski definition) is 2. The highest BCUT2D eigenvalue weighted by molar-refractivity contribution is 5.82. The van der Waals surface area contributed by atoms with Gasteiger partial charge in [-0.3, -0.25) is 4.79 Å². The Hall–Kier alpha value is -0.610. The molecule has 2 unspecified atom stereocenters. The fraction of sp³-hybridized carbons (Fsp3) is 0.917. The molecule has 0 aromatic heterocycles. The molecule has 16 heavy (non-hydrogen) atoms. The highest BCUT2D eigenvalue weighted by Gasteiger charge is 2.29. The van der Waals surface area contributed by atoms with Crippen molar-refractivity contribution in [1.82, 2.24) is 5.32 Å². The first-order valence-electron chi connectivity index (χ1n) is 5.97. The Labute approximate surface area is 97.9 Å². The topological polar surface area (TPSA) is 64.3 Å². The quantitative estimate of drug-likeness (QED) is 0.754. The molecule has 0 saturated carbocycles. The second-order valence-corrected chi connectivity index (χ2v) is 5.71. The van der Waals surface area contributed by atoms with Crippen LogP contribution in [0.5, 0.6) is 0 Å². The molecule has 0 spiro atoms. The summed E-state index contributed by atoms with van der Waals surface area (Å²) in [6.45, 7) is 9.43. The number of nitrogens with one attached hydrogen (secondary N) is 1.